The fourth-order valence-electron chi connectivity index (χ4n) is 12.7. The number of aromatic nitrogens is 6. The first-order valence-corrected chi connectivity index (χ1v) is 34.0. The van der Waals surface area contributed by atoms with Crippen LogP contribution in [0.3, 0.4) is 0 Å². The van der Waals surface area contributed by atoms with E-state index < -0.39 is 0 Å². The first-order chi connectivity index (χ1) is 41.4. The fraction of sp³-hybridized carbons (Fsp3) is 0.600. The van der Waals surface area contributed by atoms with E-state index in [9.17, 15) is 0 Å². The Morgan fingerprint density at radius 2 is 0.583 bits per heavy atom. The molecule has 0 bridgehead atoms. The maximum atomic E-state index is 5.83. The molecular weight excluding hydrogens is 1030 g/mol. The molecule has 3 fully saturated rings. The van der Waals surface area contributed by atoms with Crippen molar-refractivity contribution in [3.63, 3.8) is 0 Å². The second-order valence-corrected chi connectivity index (χ2v) is 24.8. The highest BCUT2D eigenvalue weighted by Gasteiger charge is 2.25. The molecule has 0 aliphatic heterocycles. The van der Waals surface area contributed by atoms with Crippen LogP contribution in [0.2, 0.25) is 0 Å². The van der Waals surface area contributed by atoms with Gasteiger partial charge in [-0.2, -0.15) is 0 Å². The average molecular weight is 1140 g/mol. The zero-order valence-corrected chi connectivity index (χ0v) is 53.1. The topological polar surface area (TPSA) is 105 Å². The van der Waals surface area contributed by atoms with Crippen LogP contribution in [-0.4, -0.2) is 49.7 Å². The van der Waals surface area contributed by atoms with E-state index in [1.165, 1.54) is 190 Å². The Morgan fingerprint density at radius 3 is 0.857 bits per heavy atom. The molecule has 0 saturated heterocycles. The summed E-state index contributed by atoms with van der Waals surface area (Å²) in [4.78, 5) is 27.9. The van der Waals surface area contributed by atoms with Crippen molar-refractivity contribution in [1.29, 1.82) is 0 Å². The van der Waals surface area contributed by atoms with Crippen LogP contribution in [0.4, 0.5) is 0 Å². The van der Waals surface area contributed by atoms with Gasteiger partial charge in [0.15, 0.2) is 17.5 Å². The summed E-state index contributed by atoms with van der Waals surface area (Å²) in [6, 6.07) is 24.5. The maximum Gasteiger partial charge on any atom is 0.159 e. The van der Waals surface area contributed by atoms with E-state index in [0.29, 0.717) is 17.8 Å². The van der Waals surface area contributed by atoms with E-state index in [1.54, 1.807) is 0 Å². The molecule has 3 saturated carbocycles. The lowest BCUT2D eigenvalue weighted by Crippen LogP contribution is -2.13. The van der Waals surface area contributed by atoms with Crippen LogP contribution in [0.5, 0.6) is 17.2 Å². The summed E-state index contributed by atoms with van der Waals surface area (Å²) in [7, 11) is 0. The number of nitrogens with zero attached hydrogens (tertiary/aromatic N) is 6. The number of rotatable bonds is 30. The van der Waals surface area contributed by atoms with Gasteiger partial charge in [0.25, 0.3) is 0 Å². The molecule has 3 aliphatic rings. The highest BCUT2D eigenvalue weighted by Crippen LogP contribution is 2.40. The molecular formula is C75H108N6O3. The molecule has 3 aromatic heterocycles. The molecule has 3 aromatic carbocycles. The van der Waals surface area contributed by atoms with E-state index in [4.69, 9.17) is 14.2 Å². The Balaban J connectivity index is 0.000000181. The van der Waals surface area contributed by atoms with Crippen LogP contribution in [0.15, 0.2) is 110 Å². The van der Waals surface area contributed by atoms with Gasteiger partial charge in [-0.05, 0) is 221 Å². The lowest BCUT2D eigenvalue weighted by Gasteiger charge is -2.28. The molecule has 0 amide bonds. The van der Waals surface area contributed by atoms with Crippen molar-refractivity contribution in [3.05, 3.63) is 127 Å². The Labute approximate surface area is 509 Å². The van der Waals surface area contributed by atoms with Gasteiger partial charge in [0.2, 0.25) is 0 Å². The van der Waals surface area contributed by atoms with Crippen LogP contribution in [0, 0.1) is 17.8 Å². The zero-order valence-electron chi connectivity index (χ0n) is 53.1. The van der Waals surface area contributed by atoms with Gasteiger partial charge in [-0.1, -0.05) is 138 Å². The van der Waals surface area contributed by atoms with Gasteiger partial charge in [0.05, 0.1) is 19.8 Å². The predicted molar refractivity (Wildman–Crippen MR) is 350 cm³/mol. The normalized spacial score (nSPS) is 19.5. The summed E-state index contributed by atoms with van der Waals surface area (Å²) in [5.41, 5.74) is 7.09. The first-order valence-electron chi connectivity index (χ1n) is 34.0. The highest BCUT2D eigenvalue weighted by molar-refractivity contribution is 5.58. The van der Waals surface area contributed by atoms with Crippen molar-refractivity contribution in [2.45, 2.75) is 252 Å². The highest BCUT2D eigenvalue weighted by atomic mass is 16.5. The van der Waals surface area contributed by atoms with Crippen molar-refractivity contribution < 1.29 is 14.2 Å². The summed E-state index contributed by atoms with van der Waals surface area (Å²) in [6.45, 7) is 16.0. The van der Waals surface area contributed by atoms with Gasteiger partial charge in [-0.15, -0.1) is 0 Å². The second-order valence-electron chi connectivity index (χ2n) is 24.8. The Bertz CT molecular complexity index is 2600. The fourth-order valence-corrected chi connectivity index (χ4v) is 12.7. The molecule has 0 unspecified atom stereocenters. The van der Waals surface area contributed by atoms with Crippen molar-refractivity contribution in [2.24, 2.45) is 17.8 Å². The Hall–Kier alpha value is -5.70. The Kier molecular flexibility index (Phi) is 30.1. The number of hydrogen-bond donors (Lipinski definition) is 0. The Morgan fingerprint density at radius 1 is 0.298 bits per heavy atom. The molecule has 84 heavy (non-hydrogen) atoms. The van der Waals surface area contributed by atoms with Gasteiger partial charge in [-0.25, -0.2) is 29.9 Å². The SMILES string of the molecule is CCCCCCOc1ccc(-c2ncc(C3CCC(CC)CC3)cn2)cc1.CCCCCCOc1ccc(-c2ncc(C3CCC(CCC)CC3)cn2)cc1.CCCCCCOc1ccc(-c2ncc(C3CCC(CCCC)CC3)cn2)cc1. The third-order valence-electron chi connectivity index (χ3n) is 18.3. The third-order valence-corrected chi connectivity index (χ3v) is 18.3. The largest absolute Gasteiger partial charge is 0.494 e. The van der Waals surface area contributed by atoms with E-state index >= 15 is 0 Å². The van der Waals surface area contributed by atoms with Crippen molar-refractivity contribution in [3.8, 4) is 51.4 Å². The molecule has 9 nitrogen and oxygen atoms in total. The molecule has 0 atom stereocenters. The maximum absolute atomic E-state index is 5.83. The van der Waals surface area contributed by atoms with Gasteiger partial charge in [0, 0.05) is 53.9 Å². The third kappa shape index (κ3) is 22.6. The molecule has 9 heteroatoms. The second kappa shape index (κ2) is 38.4. The summed E-state index contributed by atoms with van der Waals surface area (Å²) < 4.78 is 17.5. The molecule has 0 N–H and O–H groups in total. The van der Waals surface area contributed by atoms with Gasteiger partial charge in [0.1, 0.15) is 17.2 Å². The summed E-state index contributed by atoms with van der Waals surface area (Å²) in [5, 5.41) is 0. The van der Waals surface area contributed by atoms with E-state index in [1.807, 2.05) is 61.2 Å². The number of ether oxygens (including phenoxy) is 3. The molecule has 456 valence electrons. The number of unbranched alkanes of at least 4 members (excludes halogenated alkanes) is 10. The predicted octanol–water partition coefficient (Wildman–Crippen LogP) is 21.5. The first kappa shape index (κ1) is 65.8. The molecule has 9 rings (SSSR count). The molecule has 3 heterocycles. The standard InChI is InChI=1S/C26H38N2O.C25H36N2O.C24H34N2O/c1-3-5-7-8-18-29-25-16-14-23(15-17-25)26-27-19-24(20-28-26)22-12-10-21(11-13-22)9-6-4-2;1-3-5-6-7-17-28-24-15-13-22(14-16-24)25-26-18-23(19-27-25)21-11-9-20(8-4-2)10-12-21;1-3-5-6-7-16-27-23-14-12-21(13-15-23)24-25-17-22(18-26-24)20-10-8-19(4-2)9-11-20/h14-17,19-22H,3-13,18H2,1-2H3;13-16,18-21H,3-12,17H2,1-2H3;12-15,17-20H,3-11,16H2,1-2H3. The zero-order chi connectivity index (χ0) is 58.8. The van der Waals surface area contributed by atoms with Crippen molar-refractivity contribution >= 4 is 0 Å². The van der Waals surface area contributed by atoms with Gasteiger partial charge < -0.3 is 14.2 Å². The van der Waals surface area contributed by atoms with Crippen molar-refractivity contribution in [2.75, 3.05) is 19.8 Å². The van der Waals surface area contributed by atoms with Gasteiger partial charge >= 0.3 is 0 Å². The minimum Gasteiger partial charge on any atom is -0.494 e. The van der Waals surface area contributed by atoms with E-state index in [0.717, 1.165) is 108 Å². The summed E-state index contributed by atoms with van der Waals surface area (Å²) in [5.74, 6) is 9.94. The van der Waals surface area contributed by atoms with Gasteiger partial charge in [-0.3, -0.25) is 0 Å². The lowest BCUT2D eigenvalue weighted by molar-refractivity contribution is 0.304. The summed E-state index contributed by atoms with van der Waals surface area (Å²) in [6.07, 6.45) is 51.1. The molecule has 0 radical (unpaired) electrons. The lowest BCUT2D eigenvalue weighted by atomic mass is 9.78. The van der Waals surface area contributed by atoms with Crippen molar-refractivity contribution in [1.82, 2.24) is 29.9 Å². The van der Waals surface area contributed by atoms with E-state index in [-0.39, 0.29) is 0 Å². The molecule has 3 aliphatic carbocycles. The minimum absolute atomic E-state index is 0.644. The number of hydrogen-bond acceptors (Lipinski definition) is 9. The number of benzene rings is 3. The van der Waals surface area contributed by atoms with Crippen LogP contribution in [0.1, 0.15) is 269 Å². The average Bonchev–Trinajstić information content (AvgIpc) is 3.74. The van der Waals surface area contributed by atoms with E-state index in [2.05, 4.69) is 120 Å². The minimum atomic E-state index is 0.644. The van der Waals surface area contributed by atoms with Crippen LogP contribution in [0.25, 0.3) is 34.2 Å². The quantitative estimate of drug-likeness (QED) is 0.0408. The summed E-state index contributed by atoms with van der Waals surface area (Å²) >= 11 is 0. The smallest absolute Gasteiger partial charge is 0.159 e. The monoisotopic (exact) mass is 1140 g/mol. The van der Waals surface area contributed by atoms with Crippen LogP contribution in [-0.2, 0) is 0 Å². The van der Waals surface area contributed by atoms with Crippen LogP contribution < -0.4 is 14.2 Å². The van der Waals surface area contributed by atoms with Crippen LogP contribution >= 0.6 is 0 Å². The molecule has 6 aromatic rings. The molecule has 0 spiro atoms.